The number of carbonyl (C=O) groups is 1. The van der Waals surface area contributed by atoms with Gasteiger partial charge < -0.3 is 14.0 Å². The fraction of sp³-hybridized carbons (Fsp3) is 0.400. The van der Waals surface area contributed by atoms with Gasteiger partial charge in [-0.2, -0.15) is 0 Å². The molecule has 0 atom stereocenters. The van der Waals surface area contributed by atoms with Gasteiger partial charge in [-0.05, 0) is 19.1 Å². The van der Waals surface area contributed by atoms with Crippen molar-refractivity contribution >= 4 is 17.4 Å². The van der Waals surface area contributed by atoms with E-state index in [0.29, 0.717) is 17.7 Å². The topological polar surface area (TPSA) is 40.5 Å². The Labute approximate surface area is 119 Å². The number of hydrogen-bond donors (Lipinski definition) is 0. The number of aryl methyl sites for hydroxylation is 2. The van der Waals surface area contributed by atoms with E-state index in [1.165, 1.54) is 20.3 Å². The average Bonchev–Trinajstić information content (AvgIpc) is 2.76. The first-order valence-corrected chi connectivity index (χ1v) is 6.31. The monoisotopic (exact) mass is 283 g/mol. The Kier molecular flexibility index (Phi) is 8.04. The molecule has 0 unspecified atom stereocenters. The summed E-state index contributed by atoms with van der Waals surface area (Å²) in [5.41, 5.74) is 1.66. The summed E-state index contributed by atoms with van der Waals surface area (Å²) in [6, 6.07) is 5.19. The zero-order chi connectivity index (χ0) is 15.7. The lowest BCUT2D eigenvalue weighted by Crippen LogP contribution is -1.93. The van der Waals surface area contributed by atoms with Gasteiger partial charge in [-0.25, -0.2) is 4.39 Å². The molecule has 2 rings (SSSR count). The Morgan fingerprint density at radius 1 is 1.20 bits per heavy atom. The highest BCUT2D eigenvalue weighted by atomic mass is 19.1. The van der Waals surface area contributed by atoms with Crippen molar-refractivity contribution in [2.75, 3.05) is 14.2 Å². The van der Waals surface area contributed by atoms with Crippen LogP contribution in [0.5, 0.6) is 5.75 Å². The number of rotatable bonds is 2. The van der Waals surface area contributed by atoms with E-state index in [-0.39, 0.29) is 5.82 Å². The van der Waals surface area contributed by atoms with Crippen LogP contribution in [0.1, 0.15) is 19.5 Å². The molecule has 0 saturated carbocycles. The second kappa shape index (κ2) is 8.96. The van der Waals surface area contributed by atoms with Crippen LogP contribution >= 0.6 is 0 Å². The van der Waals surface area contributed by atoms with Gasteiger partial charge in [0.25, 0.3) is 6.47 Å². The lowest BCUT2D eigenvalue weighted by atomic mass is 10.2. The molecule has 0 N–H and O–H groups in total. The summed E-state index contributed by atoms with van der Waals surface area (Å²) in [5.74, 6) is 0.315. The zero-order valence-electron chi connectivity index (χ0n) is 12.9. The van der Waals surface area contributed by atoms with Crippen LogP contribution in [0, 0.1) is 12.7 Å². The molecule has 1 aromatic heterocycles. The summed E-state index contributed by atoms with van der Waals surface area (Å²) in [7, 11) is 4.70. The van der Waals surface area contributed by atoms with Gasteiger partial charge in [0.1, 0.15) is 5.75 Å². The van der Waals surface area contributed by atoms with Crippen molar-refractivity contribution in [3.63, 3.8) is 0 Å². The molecule has 0 amide bonds. The summed E-state index contributed by atoms with van der Waals surface area (Å²) in [5, 5.41) is 0.877. The standard InChI is InChI=1S/C11H12FNO.C2H4O2.C2H6/c1-7-4-8-5-9(14-3)6-10(12)11(8)13(7)2;1-4-2-3;1-2/h4-6H,1-3H3;2H,1H3;1-2H3. The van der Waals surface area contributed by atoms with Gasteiger partial charge in [0.15, 0.2) is 5.82 Å². The third kappa shape index (κ3) is 4.26. The number of methoxy groups -OCH3 is 2. The van der Waals surface area contributed by atoms with Crippen molar-refractivity contribution in [3.05, 3.63) is 29.7 Å². The molecule has 112 valence electrons. The molecule has 0 aliphatic carbocycles. The van der Waals surface area contributed by atoms with Gasteiger partial charge in [-0.15, -0.1) is 0 Å². The summed E-state index contributed by atoms with van der Waals surface area (Å²) >= 11 is 0. The highest BCUT2D eigenvalue weighted by molar-refractivity contribution is 5.83. The zero-order valence-corrected chi connectivity index (χ0v) is 12.9. The van der Waals surface area contributed by atoms with E-state index < -0.39 is 0 Å². The van der Waals surface area contributed by atoms with Crippen molar-refractivity contribution in [1.82, 2.24) is 4.57 Å². The van der Waals surface area contributed by atoms with Crippen LogP contribution in [-0.2, 0) is 16.6 Å². The molecular formula is C15H22FNO3. The summed E-state index contributed by atoms with van der Waals surface area (Å²) in [6.07, 6.45) is 0. The normalized spacial score (nSPS) is 8.95. The van der Waals surface area contributed by atoms with E-state index in [1.807, 2.05) is 44.5 Å². The molecule has 0 saturated heterocycles. The minimum Gasteiger partial charge on any atom is -0.497 e. The first-order valence-electron chi connectivity index (χ1n) is 6.31. The molecule has 0 radical (unpaired) electrons. The molecule has 0 spiro atoms. The van der Waals surface area contributed by atoms with Gasteiger partial charge in [0.2, 0.25) is 0 Å². The van der Waals surface area contributed by atoms with Crippen LogP contribution in [0.3, 0.4) is 0 Å². The van der Waals surface area contributed by atoms with E-state index in [4.69, 9.17) is 9.53 Å². The first kappa shape index (κ1) is 18.0. The SMILES string of the molecule is CC.COC=O.COc1cc(F)c2c(c1)cc(C)n2C. The van der Waals surface area contributed by atoms with Crippen LogP contribution in [0.2, 0.25) is 0 Å². The van der Waals surface area contributed by atoms with Crippen molar-refractivity contribution in [2.24, 2.45) is 7.05 Å². The van der Waals surface area contributed by atoms with Gasteiger partial charge >= 0.3 is 0 Å². The van der Waals surface area contributed by atoms with Crippen LogP contribution in [0.15, 0.2) is 18.2 Å². The fourth-order valence-corrected chi connectivity index (χ4v) is 1.67. The third-order valence-electron chi connectivity index (χ3n) is 2.63. The van der Waals surface area contributed by atoms with E-state index in [9.17, 15) is 4.39 Å². The van der Waals surface area contributed by atoms with Crippen molar-refractivity contribution < 1.29 is 18.7 Å². The Balaban J connectivity index is 0.000000521. The van der Waals surface area contributed by atoms with Crippen molar-refractivity contribution in [3.8, 4) is 5.75 Å². The van der Waals surface area contributed by atoms with Gasteiger partial charge in [0, 0.05) is 24.2 Å². The van der Waals surface area contributed by atoms with Gasteiger partial charge in [-0.3, -0.25) is 4.79 Å². The Hall–Kier alpha value is -2.04. The number of carbonyl (C=O) groups excluding carboxylic acids is 1. The Bertz CT molecular complexity index is 550. The molecule has 2 aromatic rings. The fourth-order valence-electron chi connectivity index (χ4n) is 1.67. The average molecular weight is 283 g/mol. The Morgan fingerprint density at radius 2 is 1.75 bits per heavy atom. The summed E-state index contributed by atoms with van der Waals surface area (Å²) < 4.78 is 24.3. The van der Waals surface area contributed by atoms with Crippen molar-refractivity contribution in [2.45, 2.75) is 20.8 Å². The van der Waals surface area contributed by atoms with E-state index in [1.54, 1.807) is 0 Å². The summed E-state index contributed by atoms with van der Waals surface area (Å²) in [6.45, 7) is 6.33. The number of ether oxygens (including phenoxy) is 2. The second-order valence-electron chi connectivity index (χ2n) is 3.72. The van der Waals surface area contributed by atoms with Crippen LogP contribution in [0.4, 0.5) is 4.39 Å². The van der Waals surface area contributed by atoms with Crippen LogP contribution in [-0.4, -0.2) is 25.3 Å². The molecule has 5 heteroatoms. The molecule has 0 bridgehead atoms. The van der Waals surface area contributed by atoms with Crippen LogP contribution < -0.4 is 4.74 Å². The highest BCUT2D eigenvalue weighted by Gasteiger charge is 2.09. The molecule has 1 heterocycles. The molecule has 0 aliphatic heterocycles. The minimum atomic E-state index is -0.241. The number of aromatic nitrogens is 1. The maximum atomic E-state index is 13.6. The maximum absolute atomic E-state index is 13.6. The molecule has 0 aliphatic rings. The third-order valence-corrected chi connectivity index (χ3v) is 2.63. The number of nitrogens with zero attached hydrogens (tertiary/aromatic N) is 1. The molecule has 1 aromatic carbocycles. The first-order chi connectivity index (χ1) is 9.54. The lowest BCUT2D eigenvalue weighted by Gasteiger charge is -2.03. The van der Waals surface area contributed by atoms with E-state index in [2.05, 4.69) is 4.74 Å². The maximum Gasteiger partial charge on any atom is 0.292 e. The van der Waals surface area contributed by atoms with Gasteiger partial charge in [0.05, 0.1) is 19.7 Å². The predicted molar refractivity (Wildman–Crippen MR) is 78.6 cm³/mol. The summed E-state index contributed by atoms with van der Waals surface area (Å²) in [4.78, 5) is 8.95. The quantitative estimate of drug-likeness (QED) is 0.793. The number of halogens is 1. The minimum absolute atomic E-state index is 0.241. The highest BCUT2D eigenvalue weighted by Crippen LogP contribution is 2.26. The van der Waals surface area contributed by atoms with Crippen LogP contribution in [0.25, 0.3) is 10.9 Å². The molecule has 0 fully saturated rings. The number of hydrogen-bond acceptors (Lipinski definition) is 3. The molecule has 20 heavy (non-hydrogen) atoms. The molecule has 4 nitrogen and oxygen atoms in total. The van der Waals surface area contributed by atoms with E-state index in [0.717, 1.165) is 11.1 Å². The van der Waals surface area contributed by atoms with E-state index >= 15 is 0 Å². The largest absolute Gasteiger partial charge is 0.497 e. The second-order valence-corrected chi connectivity index (χ2v) is 3.72. The van der Waals surface area contributed by atoms with Crippen molar-refractivity contribution in [1.29, 1.82) is 0 Å². The lowest BCUT2D eigenvalue weighted by molar-refractivity contribution is -0.126. The Morgan fingerprint density at radius 3 is 2.20 bits per heavy atom. The smallest absolute Gasteiger partial charge is 0.292 e. The van der Waals surface area contributed by atoms with Gasteiger partial charge in [-0.1, -0.05) is 13.8 Å². The number of fused-ring (bicyclic) bond motifs is 1. The predicted octanol–water partition coefficient (Wildman–Crippen LogP) is 3.45. The molecular weight excluding hydrogens is 261 g/mol. The number of benzene rings is 1.